The number of aryl methyl sites for hydroxylation is 1. The molecule has 2 rings (SSSR count). The zero-order valence-corrected chi connectivity index (χ0v) is 11.7. The second kappa shape index (κ2) is 6.66. The lowest BCUT2D eigenvalue weighted by Gasteiger charge is -2.05. The topological polar surface area (TPSA) is 39.2 Å². The van der Waals surface area contributed by atoms with Crippen molar-refractivity contribution in [3.63, 3.8) is 0 Å². The molecule has 0 unspecified atom stereocenters. The van der Waals surface area contributed by atoms with E-state index in [2.05, 4.69) is 18.0 Å². The smallest absolute Gasteiger partial charge is 0.340 e. The second-order valence-corrected chi connectivity index (χ2v) is 4.37. The number of ether oxygens (including phenoxy) is 1. The Kier molecular flexibility index (Phi) is 4.66. The van der Waals surface area contributed by atoms with Gasteiger partial charge in [0, 0.05) is 12.4 Å². The van der Waals surface area contributed by atoms with E-state index in [0.717, 1.165) is 11.1 Å². The van der Waals surface area contributed by atoms with Gasteiger partial charge in [0.2, 0.25) is 0 Å². The minimum atomic E-state index is -0.343. The molecule has 0 radical (unpaired) electrons. The number of hydrogen-bond acceptors (Lipinski definition) is 3. The molecule has 0 fully saturated rings. The lowest BCUT2D eigenvalue weighted by Crippen LogP contribution is -2.06. The molecule has 0 amide bonds. The summed E-state index contributed by atoms with van der Waals surface area (Å²) in [6.07, 6.45) is 7.11. The van der Waals surface area contributed by atoms with Crippen molar-refractivity contribution in [1.82, 2.24) is 4.98 Å². The van der Waals surface area contributed by atoms with Crippen LogP contribution in [0.25, 0.3) is 12.2 Å². The van der Waals surface area contributed by atoms with Gasteiger partial charge in [-0.25, -0.2) is 4.79 Å². The molecule has 0 aliphatic carbocycles. The lowest BCUT2D eigenvalue weighted by molar-refractivity contribution is 0.0525. The number of hydrogen-bond donors (Lipinski definition) is 0. The molecule has 0 atom stereocenters. The van der Waals surface area contributed by atoms with Gasteiger partial charge in [-0.1, -0.05) is 36.4 Å². The Morgan fingerprint density at radius 1 is 1.20 bits per heavy atom. The largest absolute Gasteiger partial charge is 0.462 e. The summed E-state index contributed by atoms with van der Waals surface area (Å²) in [5.41, 5.74) is 3.61. The maximum Gasteiger partial charge on any atom is 0.340 e. The Morgan fingerprint density at radius 2 is 1.95 bits per heavy atom. The number of carbonyl (C=O) groups is 1. The molecule has 0 N–H and O–H groups in total. The van der Waals surface area contributed by atoms with Gasteiger partial charge in [0.25, 0.3) is 0 Å². The molecule has 3 nitrogen and oxygen atoms in total. The molecule has 0 saturated carbocycles. The number of carbonyl (C=O) groups excluding carboxylic acids is 1. The summed E-state index contributed by atoms with van der Waals surface area (Å²) in [6, 6.07) is 9.89. The van der Waals surface area contributed by atoms with Gasteiger partial charge in [-0.3, -0.25) is 4.98 Å². The van der Waals surface area contributed by atoms with Crippen LogP contribution < -0.4 is 0 Å². The third-order valence-corrected chi connectivity index (χ3v) is 2.98. The molecule has 0 aliphatic rings. The molecular weight excluding hydrogens is 250 g/mol. The second-order valence-electron chi connectivity index (χ2n) is 4.37. The van der Waals surface area contributed by atoms with Crippen LogP contribution in [-0.4, -0.2) is 17.6 Å². The van der Waals surface area contributed by atoms with Crippen LogP contribution in [-0.2, 0) is 4.74 Å². The van der Waals surface area contributed by atoms with Crippen LogP contribution in [0.4, 0.5) is 0 Å². The Morgan fingerprint density at radius 3 is 2.70 bits per heavy atom. The maximum absolute atomic E-state index is 11.8. The van der Waals surface area contributed by atoms with Crippen LogP contribution in [0.3, 0.4) is 0 Å². The van der Waals surface area contributed by atoms with Crippen molar-refractivity contribution in [3.8, 4) is 0 Å². The van der Waals surface area contributed by atoms with Crippen LogP contribution in [0.1, 0.15) is 34.0 Å². The Bertz CT molecular complexity index is 632. The third kappa shape index (κ3) is 3.32. The summed E-state index contributed by atoms with van der Waals surface area (Å²) in [5, 5.41) is 0. The van der Waals surface area contributed by atoms with E-state index in [9.17, 15) is 4.79 Å². The van der Waals surface area contributed by atoms with Crippen molar-refractivity contribution >= 4 is 18.1 Å². The summed E-state index contributed by atoms with van der Waals surface area (Å²) in [7, 11) is 0. The summed E-state index contributed by atoms with van der Waals surface area (Å²) in [4.78, 5) is 15.8. The van der Waals surface area contributed by atoms with E-state index in [0.29, 0.717) is 12.2 Å². The fourth-order valence-electron chi connectivity index (χ4n) is 1.88. The van der Waals surface area contributed by atoms with Crippen molar-refractivity contribution in [1.29, 1.82) is 0 Å². The number of rotatable bonds is 4. The molecule has 0 spiro atoms. The summed E-state index contributed by atoms with van der Waals surface area (Å²) in [5.74, 6) is -0.343. The van der Waals surface area contributed by atoms with Crippen molar-refractivity contribution in [2.45, 2.75) is 13.8 Å². The molecular formula is C17H17NO2. The van der Waals surface area contributed by atoms with Crippen LogP contribution in [0.5, 0.6) is 0 Å². The fraction of sp³-hybridized carbons (Fsp3) is 0.176. The van der Waals surface area contributed by atoms with Crippen LogP contribution in [0.2, 0.25) is 0 Å². The molecule has 1 aromatic heterocycles. The van der Waals surface area contributed by atoms with Gasteiger partial charge >= 0.3 is 5.97 Å². The van der Waals surface area contributed by atoms with Crippen LogP contribution >= 0.6 is 0 Å². The number of aromatic nitrogens is 1. The van der Waals surface area contributed by atoms with E-state index < -0.39 is 0 Å². The predicted octanol–water partition coefficient (Wildman–Crippen LogP) is 3.74. The van der Waals surface area contributed by atoms with Gasteiger partial charge in [0.05, 0.1) is 12.2 Å². The highest BCUT2D eigenvalue weighted by Crippen LogP contribution is 2.15. The highest BCUT2D eigenvalue weighted by atomic mass is 16.5. The first kappa shape index (κ1) is 14.0. The molecule has 0 saturated heterocycles. The first-order chi connectivity index (χ1) is 9.72. The number of benzene rings is 1. The van der Waals surface area contributed by atoms with Gasteiger partial charge in [-0.2, -0.15) is 0 Å². The molecule has 20 heavy (non-hydrogen) atoms. The van der Waals surface area contributed by atoms with Crippen LogP contribution in [0.15, 0.2) is 42.7 Å². The van der Waals surface area contributed by atoms with Crippen molar-refractivity contribution in [2.24, 2.45) is 0 Å². The average molecular weight is 267 g/mol. The highest BCUT2D eigenvalue weighted by molar-refractivity contribution is 5.94. The number of esters is 1. The first-order valence-corrected chi connectivity index (χ1v) is 6.57. The van der Waals surface area contributed by atoms with Crippen molar-refractivity contribution in [3.05, 3.63) is 65.0 Å². The highest BCUT2D eigenvalue weighted by Gasteiger charge is 2.10. The first-order valence-electron chi connectivity index (χ1n) is 6.57. The molecule has 2 aromatic rings. The van der Waals surface area contributed by atoms with Gasteiger partial charge in [-0.05, 0) is 36.6 Å². The van der Waals surface area contributed by atoms with Gasteiger partial charge in [0.15, 0.2) is 0 Å². The van der Waals surface area contributed by atoms with Crippen LogP contribution in [0, 0.1) is 6.92 Å². The zero-order chi connectivity index (χ0) is 14.4. The quantitative estimate of drug-likeness (QED) is 0.792. The Balaban J connectivity index is 2.30. The molecule has 1 heterocycles. The number of nitrogens with zero attached hydrogens (tertiary/aromatic N) is 1. The molecule has 1 aromatic carbocycles. The minimum Gasteiger partial charge on any atom is -0.462 e. The van der Waals surface area contributed by atoms with Gasteiger partial charge in [0.1, 0.15) is 0 Å². The fourth-order valence-corrected chi connectivity index (χ4v) is 1.88. The SMILES string of the molecule is CCOC(=O)c1cnccc1/C=C/c1ccccc1C. The van der Waals surface area contributed by atoms with E-state index >= 15 is 0 Å². The Hall–Kier alpha value is -2.42. The third-order valence-electron chi connectivity index (χ3n) is 2.98. The van der Waals surface area contributed by atoms with Gasteiger partial charge < -0.3 is 4.74 Å². The molecule has 3 heteroatoms. The maximum atomic E-state index is 11.8. The molecule has 0 aliphatic heterocycles. The molecule has 0 bridgehead atoms. The normalized spacial score (nSPS) is 10.7. The van der Waals surface area contributed by atoms with Crippen molar-refractivity contribution in [2.75, 3.05) is 6.61 Å². The average Bonchev–Trinajstić information content (AvgIpc) is 2.47. The van der Waals surface area contributed by atoms with Crippen molar-refractivity contribution < 1.29 is 9.53 Å². The summed E-state index contributed by atoms with van der Waals surface area (Å²) < 4.78 is 5.03. The van der Waals surface area contributed by atoms with E-state index in [-0.39, 0.29) is 5.97 Å². The van der Waals surface area contributed by atoms with E-state index in [4.69, 9.17) is 4.74 Å². The molecule has 102 valence electrons. The van der Waals surface area contributed by atoms with E-state index in [1.54, 1.807) is 19.2 Å². The monoisotopic (exact) mass is 267 g/mol. The van der Waals surface area contributed by atoms with E-state index in [1.807, 2.05) is 30.4 Å². The Labute approximate surface area is 118 Å². The minimum absolute atomic E-state index is 0.343. The van der Waals surface area contributed by atoms with E-state index in [1.165, 1.54) is 11.8 Å². The lowest BCUT2D eigenvalue weighted by atomic mass is 10.1. The zero-order valence-electron chi connectivity index (χ0n) is 11.7. The predicted molar refractivity (Wildman–Crippen MR) is 80.3 cm³/mol. The standard InChI is InChI=1S/C17H17NO2/c1-3-20-17(19)16-12-18-11-10-15(16)9-8-14-7-5-4-6-13(14)2/h4-12H,3H2,1-2H3/b9-8+. The number of pyridine rings is 1. The summed E-state index contributed by atoms with van der Waals surface area (Å²) >= 11 is 0. The summed E-state index contributed by atoms with van der Waals surface area (Å²) in [6.45, 7) is 4.20. The van der Waals surface area contributed by atoms with Gasteiger partial charge in [-0.15, -0.1) is 0 Å².